The van der Waals surface area contributed by atoms with Crippen molar-refractivity contribution in [1.82, 2.24) is 5.32 Å². The number of aliphatic imine (C=N–C) groups is 1. The van der Waals surface area contributed by atoms with Crippen LogP contribution in [0.2, 0.25) is 0 Å². The Labute approximate surface area is 195 Å². The number of amides is 2. The maximum atomic E-state index is 13.1. The number of furan rings is 1. The van der Waals surface area contributed by atoms with Crippen LogP contribution < -0.4 is 10.3 Å². The second kappa shape index (κ2) is 9.15. The predicted molar refractivity (Wildman–Crippen MR) is 130 cm³/mol. The van der Waals surface area contributed by atoms with Crippen molar-refractivity contribution in [2.45, 2.75) is 39.2 Å². The van der Waals surface area contributed by atoms with E-state index >= 15 is 0 Å². The fourth-order valence-corrected chi connectivity index (χ4v) is 5.43. The van der Waals surface area contributed by atoms with Crippen LogP contribution in [-0.4, -0.2) is 23.7 Å². The highest BCUT2D eigenvalue weighted by Gasteiger charge is 2.33. The normalized spacial score (nSPS) is 18.0. The van der Waals surface area contributed by atoms with Gasteiger partial charge in [-0.1, -0.05) is 18.2 Å². The van der Waals surface area contributed by atoms with Gasteiger partial charge in [0, 0.05) is 11.1 Å². The van der Waals surface area contributed by atoms with Gasteiger partial charge in [0.05, 0.1) is 29.8 Å². The predicted octanol–water partition coefficient (Wildman–Crippen LogP) is 4.89. The summed E-state index contributed by atoms with van der Waals surface area (Å²) >= 11 is 1.55. The molecule has 33 heavy (non-hydrogen) atoms. The highest BCUT2D eigenvalue weighted by atomic mass is 32.1. The van der Waals surface area contributed by atoms with Crippen LogP contribution in [0.15, 0.2) is 63.2 Å². The molecule has 0 fully saturated rings. The standard InChI is InChI=1S/C25H24N4O3S/c1-16-20(25(31)29(28-16)17-8-3-2-4-9-17)15-27-24-22(19-11-5-6-12-21(19)33-24)23(30)26-14-18-10-7-13-32-18/h2-4,7-10,13,15,20H,5-6,11-12,14H2,1H3,(H,26,30)/t20-/m1/s1. The number of carbonyl (C=O) groups excluding carboxylic acids is 2. The number of nitrogens with zero attached hydrogens (tertiary/aromatic N) is 3. The lowest BCUT2D eigenvalue weighted by molar-refractivity contribution is -0.118. The quantitative estimate of drug-likeness (QED) is 0.531. The molecule has 0 spiro atoms. The van der Waals surface area contributed by atoms with Gasteiger partial charge in [0.25, 0.3) is 11.8 Å². The Morgan fingerprint density at radius 3 is 2.85 bits per heavy atom. The summed E-state index contributed by atoms with van der Waals surface area (Å²) in [6, 6.07) is 13.0. The number of nitrogens with one attached hydrogen (secondary N) is 1. The van der Waals surface area contributed by atoms with E-state index < -0.39 is 5.92 Å². The largest absolute Gasteiger partial charge is 0.467 e. The first kappa shape index (κ1) is 21.3. The molecule has 3 heterocycles. The van der Waals surface area contributed by atoms with Gasteiger partial charge in [-0.05, 0) is 62.4 Å². The van der Waals surface area contributed by atoms with Crippen LogP contribution in [0, 0.1) is 5.92 Å². The number of hydrogen-bond acceptors (Lipinski definition) is 6. The maximum absolute atomic E-state index is 13.1. The van der Waals surface area contributed by atoms with Crippen molar-refractivity contribution >= 4 is 45.8 Å². The molecular weight excluding hydrogens is 436 g/mol. The fourth-order valence-electron chi connectivity index (χ4n) is 4.19. The molecular formula is C25H24N4O3S. The smallest absolute Gasteiger partial charge is 0.261 e. The average molecular weight is 461 g/mol. The molecule has 1 aliphatic carbocycles. The summed E-state index contributed by atoms with van der Waals surface area (Å²) in [4.78, 5) is 32.0. The third-order valence-corrected chi connectivity index (χ3v) is 7.11. The molecule has 0 saturated heterocycles. The lowest BCUT2D eigenvalue weighted by atomic mass is 9.95. The van der Waals surface area contributed by atoms with Crippen molar-refractivity contribution < 1.29 is 14.0 Å². The molecule has 2 amide bonds. The van der Waals surface area contributed by atoms with Crippen LogP contribution in [0.4, 0.5) is 10.7 Å². The number of hydrogen-bond donors (Lipinski definition) is 1. The van der Waals surface area contributed by atoms with Crippen LogP contribution in [0.1, 0.15) is 46.3 Å². The Balaban J connectivity index is 1.40. The van der Waals surface area contributed by atoms with Crippen molar-refractivity contribution in [3.63, 3.8) is 0 Å². The van der Waals surface area contributed by atoms with E-state index in [1.54, 1.807) is 29.9 Å². The summed E-state index contributed by atoms with van der Waals surface area (Å²) in [6.45, 7) is 2.15. The summed E-state index contributed by atoms with van der Waals surface area (Å²) in [7, 11) is 0. The molecule has 0 bridgehead atoms. The molecule has 1 aromatic carbocycles. The molecule has 1 aliphatic heterocycles. The van der Waals surface area contributed by atoms with Crippen molar-refractivity contribution in [1.29, 1.82) is 0 Å². The highest BCUT2D eigenvalue weighted by Crippen LogP contribution is 2.40. The van der Waals surface area contributed by atoms with Crippen molar-refractivity contribution in [2.24, 2.45) is 16.0 Å². The van der Waals surface area contributed by atoms with Crippen LogP contribution >= 0.6 is 11.3 Å². The molecule has 2 aromatic heterocycles. The van der Waals surface area contributed by atoms with Gasteiger partial charge < -0.3 is 9.73 Å². The first-order valence-electron chi connectivity index (χ1n) is 11.0. The van der Waals surface area contributed by atoms with E-state index in [2.05, 4.69) is 15.4 Å². The molecule has 0 radical (unpaired) electrons. The molecule has 1 N–H and O–H groups in total. The number of benzene rings is 1. The third kappa shape index (κ3) is 4.26. The summed E-state index contributed by atoms with van der Waals surface area (Å²) in [6.07, 6.45) is 7.22. The monoisotopic (exact) mass is 460 g/mol. The molecule has 8 heteroatoms. The number of carbonyl (C=O) groups is 2. The number of hydrazone groups is 1. The minimum absolute atomic E-state index is 0.146. The highest BCUT2D eigenvalue weighted by molar-refractivity contribution is 7.16. The first-order valence-corrected chi connectivity index (χ1v) is 11.9. The maximum Gasteiger partial charge on any atom is 0.261 e. The van der Waals surface area contributed by atoms with Gasteiger partial charge in [0.2, 0.25) is 0 Å². The van der Waals surface area contributed by atoms with Gasteiger partial charge in [-0.25, -0.2) is 4.99 Å². The summed E-state index contributed by atoms with van der Waals surface area (Å²) in [5, 5.41) is 9.46. The van der Waals surface area contributed by atoms with E-state index in [-0.39, 0.29) is 11.8 Å². The van der Waals surface area contributed by atoms with Crippen LogP contribution in [0.25, 0.3) is 0 Å². The van der Waals surface area contributed by atoms with E-state index in [9.17, 15) is 9.59 Å². The Morgan fingerprint density at radius 1 is 1.24 bits per heavy atom. The van der Waals surface area contributed by atoms with E-state index in [4.69, 9.17) is 4.42 Å². The molecule has 168 valence electrons. The Morgan fingerprint density at radius 2 is 2.06 bits per heavy atom. The summed E-state index contributed by atoms with van der Waals surface area (Å²) in [5.74, 6) is -0.162. The van der Waals surface area contributed by atoms with Gasteiger partial charge in [-0.2, -0.15) is 10.1 Å². The van der Waals surface area contributed by atoms with Crippen LogP contribution in [0.5, 0.6) is 0 Å². The lowest BCUT2D eigenvalue weighted by Crippen LogP contribution is -2.27. The van der Waals surface area contributed by atoms with Crippen LogP contribution in [-0.2, 0) is 24.2 Å². The third-order valence-electron chi connectivity index (χ3n) is 5.91. The zero-order chi connectivity index (χ0) is 22.8. The molecule has 2 aliphatic rings. The number of anilines is 1. The van der Waals surface area contributed by atoms with Gasteiger partial charge >= 0.3 is 0 Å². The van der Waals surface area contributed by atoms with Crippen LogP contribution in [0.3, 0.4) is 0 Å². The Bertz CT molecular complexity index is 1230. The first-order chi connectivity index (χ1) is 16.1. The lowest BCUT2D eigenvalue weighted by Gasteiger charge is -2.13. The SMILES string of the molecule is CC1=NN(c2ccccc2)C(=O)[C@@H]1C=Nc1sc2c(c1C(=O)NCc1ccco1)CCCC2. The van der Waals surface area contributed by atoms with E-state index in [1.807, 2.05) is 43.3 Å². The molecule has 1 atom stereocenters. The zero-order valence-electron chi connectivity index (χ0n) is 18.3. The number of para-hydroxylation sites is 1. The van der Waals surface area contributed by atoms with Crippen molar-refractivity contribution in [3.8, 4) is 0 Å². The van der Waals surface area contributed by atoms with E-state index in [0.717, 1.165) is 36.9 Å². The second-order valence-electron chi connectivity index (χ2n) is 8.14. The minimum Gasteiger partial charge on any atom is -0.467 e. The Kier molecular flexibility index (Phi) is 5.92. The number of aryl methyl sites for hydroxylation is 1. The van der Waals surface area contributed by atoms with E-state index in [0.29, 0.717) is 28.6 Å². The molecule has 0 unspecified atom stereocenters. The molecule has 5 rings (SSSR count). The summed E-state index contributed by atoms with van der Waals surface area (Å²) in [5.41, 5.74) is 3.11. The molecule has 0 saturated carbocycles. The minimum atomic E-state index is -0.552. The second-order valence-corrected chi connectivity index (χ2v) is 9.22. The van der Waals surface area contributed by atoms with Crippen molar-refractivity contribution in [2.75, 3.05) is 5.01 Å². The molecule has 3 aromatic rings. The fraction of sp³-hybridized carbons (Fsp3) is 0.280. The van der Waals surface area contributed by atoms with Gasteiger partial charge in [0.15, 0.2) is 0 Å². The average Bonchev–Trinajstić information content (AvgIpc) is 3.55. The summed E-state index contributed by atoms with van der Waals surface area (Å²) < 4.78 is 5.33. The van der Waals surface area contributed by atoms with Crippen molar-refractivity contribution in [3.05, 3.63) is 70.5 Å². The number of fused-ring (bicyclic) bond motifs is 1. The zero-order valence-corrected chi connectivity index (χ0v) is 19.1. The number of rotatable bonds is 6. The number of thiophene rings is 1. The van der Waals surface area contributed by atoms with E-state index in [1.165, 1.54) is 9.89 Å². The Hall–Kier alpha value is -3.52. The van der Waals surface area contributed by atoms with Gasteiger partial charge in [-0.15, -0.1) is 11.3 Å². The van der Waals surface area contributed by atoms with Gasteiger partial charge in [-0.3, -0.25) is 9.59 Å². The molecule has 7 nitrogen and oxygen atoms in total. The topological polar surface area (TPSA) is 87.3 Å². The van der Waals surface area contributed by atoms with Gasteiger partial charge in [0.1, 0.15) is 16.7 Å².